The predicted molar refractivity (Wildman–Crippen MR) is 74.5 cm³/mol. The van der Waals surface area contributed by atoms with Gasteiger partial charge in [-0.05, 0) is 44.4 Å². The Hall–Kier alpha value is -1.54. The van der Waals surface area contributed by atoms with E-state index in [1.165, 1.54) is 5.56 Å². The minimum absolute atomic E-state index is 0.269. The first-order valence-electron chi connectivity index (χ1n) is 6.59. The van der Waals surface area contributed by atoms with Crippen molar-refractivity contribution in [3.63, 3.8) is 0 Å². The van der Waals surface area contributed by atoms with Crippen LogP contribution in [0.1, 0.15) is 37.6 Å². The second-order valence-corrected chi connectivity index (χ2v) is 4.83. The van der Waals surface area contributed by atoms with Crippen LogP contribution < -0.4 is 5.32 Å². The molecule has 0 fully saturated rings. The third kappa shape index (κ3) is 3.74. The van der Waals surface area contributed by atoms with Gasteiger partial charge in [0.25, 0.3) is 0 Å². The lowest BCUT2D eigenvalue weighted by Gasteiger charge is -2.18. The number of aryl methyl sites for hydroxylation is 1. The highest BCUT2D eigenvalue weighted by molar-refractivity contribution is 5.14. The van der Waals surface area contributed by atoms with E-state index >= 15 is 0 Å². The van der Waals surface area contributed by atoms with Crippen LogP contribution in [0.3, 0.4) is 0 Å². The molecule has 0 spiro atoms. The van der Waals surface area contributed by atoms with Crippen LogP contribution in [0, 0.1) is 0 Å². The zero-order valence-corrected chi connectivity index (χ0v) is 11.1. The average molecular weight is 243 g/mol. The first-order valence-corrected chi connectivity index (χ1v) is 6.59. The van der Waals surface area contributed by atoms with Gasteiger partial charge < -0.3 is 9.73 Å². The monoisotopic (exact) mass is 243 g/mol. The normalized spacial score (nSPS) is 14.3. The fraction of sp³-hybridized carbons (Fsp3) is 0.375. The third-order valence-corrected chi connectivity index (χ3v) is 3.21. The van der Waals surface area contributed by atoms with Gasteiger partial charge in [-0.2, -0.15) is 0 Å². The maximum absolute atomic E-state index is 5.40. The van der Waals surface area contributed by atoms with Gasteiger partial charge in [0.1, 0.15) is 5.76 Å². The van der Waals surface area contributed by atoms with Crippen LogP contribution in [0.4, 0.5) is 0 Å². The Bertz CT molecular complexity index is 435. The molecule has 2 aromatic rings. The highest BCUT2D eigenvalue weighted by Crippen LogP contribution is 2.14. The fourth-order valence-electron chi connectivity index (χ4n) is 2.16. The van der Waals surface area contributed by atoms with Crippen molar-refractivity contribution in [2.24, 2.45) is 0 Å². The van der Waals surface area contributed by atoms with E-state index in [2.05, 4.69) is 49.5 Å². The Kier molecular flexibility index (Phi) is 4.59. The molecular weight excluding hydrogens is 222 g/mol. The molecule has 0 radical (unpaired) electrons. The molecule has 96 valence electrons. The third-order valence-electron chi connectivity index (χ3n) is 3.21. The standard InChI is InChI=1S/C16H21NO/c1-13(10-11-15-7-4-3-5-8-15)17-14(2)16-9-6-12-18-16/h3-9,12-14,17H,10-11H2,1-2H3/t13?,14-/m1/s1. The first-order chi connectivity index (χ1) is 8.75. The summed E-state index contributed by atoms with van der Waals surface area (Å²) in [6, 6.07) is 15.3. The molecule has 2 atom stereocenters. The minimum Gasteiger partial charge on any atom is -0.468 e. The lowest BCUT2D eigenvalue weighted by atomic mass is 10.1. The molecule has 0 saturated heterocycles. The fourth-order valence-corrected chi connectivity index (χ4v) is 2.16. The summed E-state index contributed by atoms with van der Waals surface area (Å²) in [5.74, 6) is 1.00. The van der Waals surface area contributed by atoms with E-state index in [4.69, 9.17) is 4.42 Å². The minimum atomic E-state index is 0.269. The van der Waals surface area contributed by atoms with Crippen molar-refractivity contribution in [3.05, 3.63) is 60.1 Å². The molecule has 1 aromatic carbocycles. The summed E-state index contributed by atoms with van der Waals surface area (Å²) in [6.45, 7) is 4.36. The smallest absolute Gasteiger partial charge is 0.120 e. The Labute approximate surface area is 109 Å². The van der Waals surface area contributed by atoms with Crippen LogP contribution in [0.15, 0.2) is 53.1 Å². The van der Waals surface area contributed by atoms with Gasteiger partial charge in [-0.25, -0.2) is 0 Å². The van der Waals surface area contributed by atoms with Crippen molar-refractivity contribution < 1.29 is 4.42 Å². The summed E-state index contributed by atoms with van der Waals surface area (Å²) in [5.41, 5.74) is 1.40. The van der Waals surface area contributed by atoms with Crippen LogP contribution in [0.5, 0.6) is 0 Å². The SMILES string of the molecule is CC(CCc1ccccc1)N[C@H](C)c1ccco1. The molecule has 0 aliphatic heterocycles. The van der Waals surface area contributed by atoms with Gasteiger partial charge in [0.05, 0.1) is 12.3 Å². The summed E-state index contributed by atoms with van der Waals surface area (Å²) in [4.78, 5) is 0. The predicted octanol–water partition coefficient (Wildman–Crippen LogP) is 3.95. The molecule has 1 heterocycles. The van der Waals surface area contributed by atoms with Crippen LogP contribution in [0.2, 0.25) is 0 Å². The molecule has 2 nitrogen and oxygen atoms in total. The highest BCUT2D eigenvalue weighted by Gasteiger charge is 2.11. The number of benzene rings is 1. The largest absolute Gasteiger partial charge is 0.468 e. The maximum Gasteiger partial charge on any atom is 0.120 e. The molecule has 18 heavy (non-hydrogen) atoms. The molecule has 0 bridgehead atoms. The zero-order chi connectivity index (χ0) is 12.8. The van der Waals surface area contributed by atoms with E-state index in [1.54, 1.807) is 6.26 Å². The molecule has 0 saturated carbocycles. The van der Waals surface area contributed by atoms with E-state index in [9.17, 15) is 0 Å². The maximum atomic E-state index is 5.40. The Balaban J connectivity index is 1.77. The summed E-state index contributed by atoms with van der Waals surface area (Å²) in [6.07, 6.45) is 3.97. The molecule has 2 rings (SSSR count). The number of rotatable bonds is 6. The van der Waals surface area contributed by atoms with Crippen molar-refractivity contribution in [2.45, 2.75) is 38.8 Å². The molecule has 0 amide bonds. The van der Waals surface area contributed by atoms with Gasteiger partial charge in [-0.3, -0.25) is 0 Å². The summed E-state index contributed by atoms with van der Waals surface area (Å²) in [5, 5.41) is 3.56. The molecule has 1 aromatic heterocycles. The summed E-state index contributed by atoms with van der Waals surface area (Å²) >= 11 is 0. The van der Waals surface area contributed by atoms with Crippen molar-refractivity contribution in [3.8, 4) is 0 Å². The Morgan fingerprint density at radius 3 is 2.50 bits per heavy atom. The van der Waals surface area contributed by atoms with Crippen LogP contribution in [-0.2, 0) is 6.42 Å². The second kappa shape index (κ2) is 6.41. The van der Waals surface area contributed by atoms with Crippen molar-refractivity contribution in [1.82, 2.24) is 5.32 Å². The van der Waals surface area contributed by atoms with E-state index in [1.807, 2.05) is 12.1 Å². The van der Waals surface area contributed by atoms with E-state index in [0.717, 1.165) is 18.6 Å². The lowest BCUT2D eigenvalue weighted by molar-refractivity contribution is 0.388. The number of hydrogen-bond donors (Lipinski definition) is 1. The number of nitrogens with one attached hydrogen (secondary N) is 1. The van der Waals surface area contributed by atoms with Gasteiger partial charge in [0.2, 0.25) is 0 Å². The summed E-state index contributed by atoms with van der Waals surface area (Å²) in [7, 11) is 0. The van der Waals surface area contributed by atoms with Crippen molar-refractivity contribution >= 4 is 0 Å². The zero-order valence-electron chi connectivity index (χ0n) is 11.1. The molecule has 1 unspecified atom stereocenters. The van der Waals surface area contributed by atoms with Gasteiger partial charge in [-0.1, -0.05) is 30.3 Å². The Morgan fingerprint density at radius 2 is 1.83 bits per heavy atom. The van der Waals surface area contributed by atoms with E-state index in [-0.39, 0.29) is 6.04 Å². The van der Waals surface area contributed by atoms with Gasteiger partial charge >= 0.3 is 0 Å². The second-order valence-electron chi connectivity index (χ2n) is 4.83. The van der Waals surface area contributed by atoms with Crippen LogP contribution in [-0.4, -0.2) is 6.04 Å². The van der Waals surface area contributed by atoms with Gasteiger partial charge in [0.15, 0.2) is 0 Å². The first kappa shape index (κ1) is 12.9. The molecule has 0 aliphatic rings. The average Bonchev–Trinajstić information content (AvgIpc) is 2.91. The quantitative estimate of drug-likeness (QED) is 0.831. The van der Waals surface area contributed by atoms with E-state index in [0.29, 0.717) is 6.04 Å². The summed E-state index contributed by atoms with van der Waals surface area (Å²) < 4.78 is 5.40. The number of furan rings is 1. The van der Waals surface area contributed by atoms with Crippen LogP contribution >= 0.6 is 0 Å². The lowest BCUT2D eigenvalue weighted by Crippen LogP contribution is -2.29. The van der Waals surface area contributed by atoms with Crippen molar-refractivity contribution in [1.29, 1.82) is 0 Å². The van der Waals surface area contributed by atoms with E-state index < -0.39 is 0 Å². The topological polar surface area (TPSA) is 25.2 Å². The molecule has 2 heteroatoms. The van der Waals surface area contributed by atoms with Gasteiger partial charge in [0, 0.05) is 6.04 Å². The Morgan fingerprint density at radius 1 is 1.06 bits per heavy atom. The molecule has 1 N–H and O–H groups in total. The molecular formula is C16H21NO. The number of hydrogen-bond acceptors (Lipinski definition) is 2. The van der Waals surface area contributed by atoms with Crippen molar-refractivity contribution in [2.75, 3.05) is 0 Å². The molecule has 0 aliphatic carbocycles. The van der Waals surface area contributed by atoms with Crippen LogP contribution in [0.25, 0.3) is 0 Å². The highest BCUT2D eigenvalue weighted by atomic mass is 16.3. The van der Waals surface area contributed by atoms with Gasteiger partial charge in [-0.15, -0.1) is 0 Å².